The van der Waals surface area contributed by atoms with Crippen LogP contribution >= 0.6 is 0 Å². The summed E-state index contributed by atoms with van der Waals surface area (Å²) >= 11 is 0. The summed E-state index contributed by atoms with van der Waals surface area (Å²) in [6.45, 7) is 2.26. The maximum absolute atomic E-state index is 5.93. The normalized spacial score (nSPS) is 14.8. The van der Waals surface area contributed by atoms with Gasteiger partial charge in [-0.3, -0.25) is 4.98 Å². The second kappa shape index (κ2) is 6.31. The molecule has 2 aromatic heterocycles. The molecule has 2 N–H and O–H groups in total. The van der Waals surface area contributed by atoms with E-state index in [1.165, 1.54) is 24.9 Å². The van der Waals surface area contributed by atoms with E-state index in [4.69, 9.17) is 10.3 Å². The first kappa shape index (κ1) is 14.7. The van der Waals surface area contributed by atoms with Crippen LogP contribution in [-0.2, 0) is 0 Å². The quantitative estimate of drug-likeness (QED) is 0.796. The van der Waals surface area contributed by atoms with Crippen LogP contribution in [0.3, 0.4) is 0 Å². The van der Waals surface area contributed by atoms with Gasteiger partial charge in [0, 0.05) is 42.4 Å². The molecule has 0 amide bonds. The highest BCUT2D eigenvalue weighted by atomic mass is 16.5. The van der Waals surface area contributed by atoms with E-state index < -0.39 is 0 Å². The maximum atomic E-state index is 5.93. The van der Waals surface area contributed by atoms with Crippen LogP contribution in [0.15, 0.2) is 47.2 Å². The van der Waals surface area contributed by atoms with E-state index in [2.05, 4.69) is 32.2 Å². The summed E-state index contributed by atoms with van der Waals surface area (Å²) in [7, 11) is 0. The molecule has 0 spiro atoms. The molecule has 0 saturated carbocycles. The van der Waals surface area contributed by atoms with Crippen LogP contribution in [0, 0.1) is 0 Å². The van der Waals surface area contributed by atoms with Crippen molar-refractivity contribution in [3.05, 3.63) is 42.7 Å². The molecule has 6 heteroatoms. The second-order valence-corrected chi connectivity index (χ2v) is 5.98. The topological polar surface area (TPSA) is 81.1 Å². The Balaban J connectivity index is 1.57. The van der Waals surface area contributed by atoms with Gasteiger partial charge in [-0.15, -0.1) is 0 Å². The summed E-state index contributed by atoms with van der Waals surface area (Å²) in [6.07, 6.45) is 7.13. The molecule has 3 heterocycles. The molecule has 122 valence electrons. The van der Waals surface area contributed by atoms with Crippen LogP contribution in [0.5, 0.6) is 0 Å². The van der Waals surface area contributed by atoms with Crippen LogP contribution < -0.4 is 10.6 Å². The van der Waals surface area contributed by atoms with Gasteiger partial charge in [0.15, 0.2) is 0 Å². The molecule has 1 aliphatic rings. The average Bonchev–Trinajstić information content (AvgIpc) is 3.13. The molecule has 3 aromatic rings. The first-order chi connectivity index (χ1) is 11.8. The Bertz CT molecular complexity index is 821. The summed E-state index contributed by atoms with van der Waals surface area (Å²) in [6, 6.07) is 10.0. The number of rotatable bonds is 3. The van der Waals surface area contributed by atoms with Gasteiger partial charge in [0.05, 0.1) is 5.56 Å². The van der Waals surface area contributed by atoms with Crippen molar-refractivity contribution in [1.29, 1.82) is 0 Å². The number of anilines is 2. The first-order valence-corrected chi connectivity index (χ1v) is 8.20. The molecule has 1 saturated heterocycles. The van der Waals surface area contributed by atoms with Gasteiger partial charge < -0.3 is 15.2 Å². The van der Waals surface area contributed by atoms with Gasteiger partial charge in [-0.1, -0.05) is 5.16 Å². The third-order valence-electron chi connectivity index (χ3n) is 4.36. The fourth-order valence-corrected chi connectivity index (χ4v) is 3.01. The molecular formula is C18H19N5O. The highest BCUT2D eigenvalue weighted by Gasteiger charge is 2.14. The third-order valence-corrected chi connectivity index (χ3v) is 4.36. The molecule has 0 atom stereocenters. The van der Waals surface area contributed by atoms with E-state index in [9.17, 15) is 0 Å². The lowest BCUT2D eigenvalue weighted by Crippen LogP contribution is -2.29. The second-order valence-electron chi connectivity index (χ2n) is 5.98. The molecule has 1 aromatic carbocycles. The van der Waals surface area contributed by atoms with Crippen LogP contribution in [0.4, 0.5) is 11.4 Å². The summed E-state index contributed by atoms with van der Waals surface area (Å²) in [4.78, 5) is 10.9. The average molecular weight is 321 g/mol. The van der Waals surface area contributed by atoms with E-state index in [0.717, 1.165) is 18.7 Å². The minimum atomic E-state index is 0.385. The Morgan fingerprint density at radius 2 is 1.79 bits per heavy atom. The van der Waals surface area contributed by atoms with Crippen molar-refractivity contribution in [3.8, 4) is 22.8 Å². The fourth-order valence-electron chi connectivity index (χ4n) is 3.01. The molecule has 0 unspecified atom stereocenters. The van der Waals surface area contributed by atoms with Crippen molar-refractivity contribution in [3.63, 3.8) is 0 Å². The van der Waals surface area contributed by atoms with Crippen LogP contribution in [0.2, 0.25) is 0 Å². The number of nitrogens with two attached hydrogens (primary N) is 1. The third kappa shape index (κ3) is 2.82. The highest BCUT2D eigenvalue weighted by molar-refractivity contribution is 5.70. The molecule has 1 aliphatic heterocycles. The number of nitrogen functional groups attached to an aromatic ring is 1. The standard InChI is InChI=1S/C18H19N5O/c19-16-8-9-20-12-15(16)18-21-17(22-24-18)13-4-6-14(7-5-13)23-10-2-1-3-11-23/h4-9,12H,1-3,10-11H2,(H2,19,20). The monoisotopic (exact) mass is 321 g/mol. The lowest BCUT2D eigenvalue weighted by atomic mass is 10.1. The van der Waals surface area contributed by atoms with E-state index in [0.29, 0.717) is 23.0 Å². The SMILES string of the molecule is Nc1ccncc1-c1nc(-c2ccc(N3CCCCC3)cc2)no1. The predicted octanol–water partition coefficient (Wildman–Crippen LogP) is 3.37. The van der Waals surface area contributed by atoms with Gasteiger partial charge in [0.25, 0.3) is 5.89 Å². The van der Waals surface area contributed by atoms with Crippen molar-refractivity contribution in [2.24, 2.45) is 0 Å². The van der Waals surface area contributed by atoms with Gasteiger partial charge in [-0.2, -0.15) is 4.98 Å². The number of pyridine rings is 1. The minimum Gasteiger partial charge on any atom is -0.398 e. The van der Waals surface area contributed by atoms with Gasteiger partial charge in [-0.25, -0.2) is 0 Å². The van der Waals surface area contributed by atoms with Crippen molar-refractivity contribution in [2.45, 2.75) is 19.3 Å². The van der Waals surface area contributed by atoms with Crippen LogP contribution in [0.25, 0.3) is 22.8 Å². The minimum absolute atomic E-state index is 0.385. The largest absolute Gasteiger partial charge is 0.398 e. The molecule has 1 fully saturated rings. The zero-order valence-electron chi connectivity index (χ0n) is 13.4. The predicted molar refractivity (Wildman–Crippen MR) is 93.4 cm³/mol. The molecule has 0 aliphatic carbocycles. The Kier molecular flexibility index (Phi) is 3.86. The lowest BCUT2D eigenvalue weighted by Gasteiger charge is -2.28. The van der Waals surface area contributed by atoms with Gasteiger partial charge in [-0.05, 0) is 49.6 Å². The molecule has 6 nitrogen and oxygen atoms in total. The number of nitrogens with zero attached hydrogens (tertiary/aromatic N) is 4. The summed E-state index contributed by atoms with van der Waals surface area (Å²) in [5, 5.41) is 4.06. The van der Waals surface area contributed by atoms with Crippen LogP contribution in [-0.4, -0.2) is 28.2 Å². The van der Waals surface area contributed by atoms with Gasteiger partial charge in [0.2, 0.25) is 5.82 Å². The number of piperidine rings is 1. The van der Waals surface area contributed by atoms with Crippen molar-refractivity contribution >= 4 is 11.4 Å². The number of hydrogen-bond donors (Lipinski definition) is 1. The van der Waals surface area contributed by atoms with E-state index in [1.807, 2.05) is 12.1 Å². The smallest absolute Gasteiger partial charge is 0.261 e. The molecule has 0 bridgehead atoms. The summed E-state index contributed by atoms with van der Waals surface area (Å²) < 4.78 is 5.34. The zero-order chi connectivity index (χ0) is 16.4. The Hall–Kier alpha value is -2.89. The maximum Gasteiger partial charge on any atom is 0.261 e. The number of aromatic nitrogens is 3. The Morgan fingerprint density at radius 1 is 1.00 bits per heavy atom. The number of benzene rings is 1. The Labute approximate surface area is 140 Å². The fraction of sp³-hybridized carbons (Fsp3) is 0.278. The summed E-state index contributed by atoms with van der Waals surface area (Å²) in [5.41, 5.74) is 9.33. The van der Waals surface area contributed by atoms with Crippen LogP contribution in [0.1, 0.15) is 19.3 Å². The lowest BCUT2D eigenvalue weighted by molar-refractivity contribution is 0.432. The van der Waals surface area contributed by atoms with Crippen molar-refractivity contribution in [2.75, 3.05) is 23.7 Å². The van der Waals surface area contributed by atoms with E-state index in [1.54, 1.807) is 18.5 Å². The molecular weight excluding hydrogens is 302 g/mol. The van der Waals surface area contributed by atoms with E-state index in [-0.39, 0.29) is 0 Å². The highest BCUT2D eigenvalue weighted by Crippen LogP contribution is 2.27. The van der Waals surface area contributed by atoms with Crippen molar-refractivity contribution in [1.82, 2.24) is 15.1 Å². The van der Waals surface area contributed by atoms with Gasteiger partial charge >= 0.3 is 0 Å². The molecule has 0 radical (unpaired) electrons. The molecule has 24 heavy (non-hydrogen) atoms. The zero-order valence-corrected chi connectivity index (χ0v) is 13.4. The van der Waals surface area contributed by atoms with Gasteiger partial charge in [0.1, 0.15) is 0 Å². The Morgan fingerprint density at radius 3 is 2.54 bits per heavy atom. The molecule has 4 rings (SSSR count). The summed E-state index contributed by atoms with van der Waals surface area (Å²) in [5.74, 6) is 0.939. The number of hydrogen-bond acceptors (Lipinski definition) is 6. The van der Waals surface area contributed by atoms with E-state index >= 15 is 0 Å². The van der Waals surface area contributed by atoms with Crippen molar-refractivity contribution < 1.29 is 4.52 Å². The first-order valence-electron chi connectivity index (χ1n) is 8.20.